The second-order valence-electron chi connectivity index (χ2n) is 5.34. The van der Waals surface area contributed by atoms with E-state index in [0.717, 1.165) is 50.5 Å². The van der Waals surface area contributed by atoms with Crippen molar-refractivity contribution in [3.8, 4) is 0 Å². The smallest absolute Gasteiger partial charge is 0.146 e. The van der Waals surface area contributed by atoms with Gasteiger partial charge in [0, 0.05) is 46.4 Å². The molecule has 1 fully saturated rings. The molecule has 0 aromatic heterocycles. The highest BCUT2D eigenvalue weighted by Crippen LogP contribution is 2.25. The Kier molecular flexibility index (Phi) is 6.42. The number of piperazine rings is 1. The molecule has 0 radical (unpaired) electrons. The molecule has 0 bridgehead atoms. The molecule has 5 heteroatoms. The van der Waals surface area contributed by atoms with Gasteiger partial charge in [-0.15, -0.1) is 0 Å². The monoisotopic (exact) mass is 295 g/mol. The average molecular weight is 295 g/mol. The van der Waals surface area contributed by atoms with E-state index >= 15 is 0 Å². The van der Waals surface area contributed by atoms with Crippen LogP contribution in [-0.2, 0) is 11.3 Å². The highest BCUT2D eigenvalue weighted by molar-refractivity contribution is 5.55. The lowest BCUT2D eigenvalue weighted by Gasteiger charge is -2.36. The van der Waals surface area contributed by atoms with Crippen molar-refractivity contribution in [3.63, 3.8) is 0 Å². The van der Waals surface area contributed by atoms with Gasteiger partial charge in [-0.3, -0.25) is 0 Å². The Morgan fingerprint density at radius 2 is 2.00 bits per heavy atom. The van der Waals surface area contributed by atoms with E-state index in [9.17, 15) is 4.39 Å². The van der Waals surface area contributed by atoms with Crippen molar-refractivity contribution < 1.29 is 9.13 Å². The molecule has 0 atom stereocenters. The summed E-state index contributed by atoms with van der Waals surface area (Å²) >= 11 is 0. The molecule has 0 saturated carbocycles. The van der Waals surface area contributed by atoms with E-state index in [1.165, 1.54) is 0 Å². The number of likely N-dealkylation sites (N-methyl/N-ethyl adjacent to an activating group) is 1. The summed E-state index contributed by atoms with van der Waals surface area (Å²) in [6.07, 6.45) is 0. The van der Waals surface area contributed by atoms with Gasteiger partial charge in [0.05, 0.1) is 12.3 Å². The fourth-order valence-electron chi connectivity index (χ4n) is 2.74. The molecule has 0 unspecified atom stereocenters. The van der Waals surface area contributed by atoms with E-state index in [0.29, 0.717) is 13.2 Å². The average Bonchev–Trinajstić information content (AvgIpc) is 2.52. The molecule has 1 aliphatic heterocycles. The Morgan fingerprint density at radius 3 is 2.67 bits per heavy atom. The zero-order valence-electron chi connectivity index (χ0n) is 13.1. The molecule has 118 valence electrons. The predicted molar refractivity (Wildman–Crippen MR) is 84.3 cm³/mol. The first-order valence-electron chi connectivity index (χ1n) is 7.70. The Morgan fingerprint density at radius 1 is 1.24 bits per heavy atom. The first kappa shape index (κ1) is 16.2. The summed E-state index contributed by atoms with van der Waals surface area (Å²) in [5, 5.41) is 3.30. The molecule has 1 aromatic rings. The molecule has 0 spiro atoms. The van der Waals surface area contributed by atoms with Crippen LogP contribution in [0.1, 0.15) is 12.5 Å². The first-order chi connectivity index (χ1) is 10.3. The van der Waals surface area contributed by atoms with Crippen LogP contribution in [0.2, 0.25) is 0 Å². The molecule has 1 N–H and O–H groups in total. The maximum Gasteiger partial charge on any atom is 0.146 e. The number of ether oxygens (including phenoxy) is 1. The first-order valence-corrected chi connectivity index (χ1v) is 7.70. The van der Waals surface area contributed by atoms with Crippen molar-refractivity contribution in [1.29, 1.82) is 0 Å². The lowest BCUT2D eigenvalue weighted by molar-refractivity contribution is 0.199. The summed E-state index contributed by atoms with van der Waals surface area (Å²) in [4.78, 5) is 4.57. The predicted octanol–water partition coefficient (Wildman–Crippen LogP) is 1.70. The number of halogens is 1. The number of hydrogen-bond donors (Lipinski definition) is 1. The summed E-state index contributed by atoms with van der Waals surface area (Å²) in [6, 6.07) is 5.35. The van der Waals surface area contributed by atoms with Crippen molar-refractivity contribution in [2.75, 3.05) is 57.9 Å². The summed E-state index contributed by atoms with van der Waals surface area (Å²) in [5.41, 5.74) is 1.79. The summed E-state index contributed by atoms with van der Waals surface area (Å²) in [6.45, 7) is 9.13. The normalized spacial score (nSPS) is 16.4. The molecule has 2 rings (SSSR count). The molecule has 0 amide bonds. The summed E-state index contributed by atoms with van der Waals surface area (Å²) < 4.78 is 19.3. The number of para-hydroxylation sites is 1. The molecule has 1 aliphatic rings. The van der Waals surface area contributed by atoms with Gasteiger partial charge >= 0.3 is 0 Å². The van der Waals surface area contributed by atoms with Crippen LogP contribution < -0.4 is 10.2 Å². The van der Waals surface area contributed by atoms with Gasteiger partial charge in [0.25, 0.3) is 0 Å². The van der Waals surface area contributed by atoms with E-state index in [-0.39, 0.29) is 5.82 Å². The Labute approximate surface area is 126 Å². The molecule has 1 aromatic carbocycles. The van der Waals surface area contributed by atoms with Crippen molar-refractivity contribution in [1.82, 2.24) is 10.2 Å². The van der Waals surface area contributed by atoms with Gasteiger partial charge in [0.2, 0.25) is 0 Å². The van der Waals surface area contributed by atoms with Crippen LogP contribution in [0, 0.1) is 5.82 Å². The van der Waals surface area contributed by atoms with Crippen molar-refractivity contribution in [2.24, 2.45) is 0 Å². The van der Waals surface area contributed by atoms with E-state index in [2.05, 4.69) is 22.0 Å². The van der Waals surface area contributed by atoms with Crippen LogP contribution in [-0.4, -0.2) is 57.9 Å². The van der Waals surface area contributed by atoms with E-state index in [1.807, 2.05) is 6.07 Å². The quantitative estimate of drug-likeness (QED) is 0.775. The second-order valence-corrected chi connectivity index (χ2v) is 5.34. The van der Waals surface area contributed by atoms with Gasteiger partial charge in [-0.05, 0) is 18.2 Å². The van der Waals surface area contributed by atoms with Gasteiger partial charge in [-0.25, -0.2) is 4.39 Å². The zero-order valence-corrected chi connectivity index (χ0v) is 13.1. The molecule has 21 heavy (non-hydrogen) atoms. The number of anilines is 1. The minimum atomic E-state index is -0.119. The Bertz CT molecular complexity index is 434. The van der Waals surface area contributed by atoms with Crippen LogP contribution in [0.15, 0.2) is 18.2 Å². The fourth-order valence-corrected chi connectivity index (χ4v) is 2.74. The van der Waals surface area contributed by atoms with Gasteiger partial charge in [0.15, 0.2) is 0 Å². The lowest BCUT2D eigenvalue weighted by atomic mass is 10.1. The third-order valence-electron chi connectivity index (χ3n) is 4.00. The largest absolute Gasteiger partial charge is 0.383 e. The molecule has 4 nitrogen and oxygen atoms in total. The number of benzene rings is 1. The number of rotatable bonds is 7. The fraction of sp³-hybridized carbons (Fsp3) is 0.625. The molecule has 1 heterocycles. The summed E-state index contributed by atoms with van der Waals surface area (Å²) in [5.74, 6) is -0.119. The third kappa shape index (κ3) is 4.40. The van der Waals surface area contributed by atoms with E-state index in [4.69, 9.17) is 4.74 Å². The zero-order chi connectivity index (χ0) is 15.1. The molecular formula is C16H26FN3O. The van der Waals surface area contributed by atoms with Gasteiger partial charge < -0.3 is 19.9 Å². The Hall–Kier alpha value is -1.17. The van der Waals surface area contributed by atoms with Crippen LogP contribution in [0.25, 0.3) is 0 Å². The maximum absolute atomic E-state index is 14.3. The highest BCUT2D eigenvalue weighted by Gasteiger charge is 2.20. The van der Waals surface area contributed by atoms with Crippen molar-refractivity contribution >= 4 is 5.69 Å². The van der Waals surface area contributed by atoms with Crippen LogP contribution >= 0.6 is 0 Å². The highest BCUT2D eigenvalue weighted by atomic mass is 19.1. The molecular weight excluding hydrogens is 269 g/mol. The minimum Gasteiger partial charge on any atom is -0.383 e. The maximum atomic E-state index is 14.3. The second kappa shape index (κ2) is 8.32. The molecule has 0 aliphatic carbocycles. The summed E-state index contributed by atoms with van der Waals surface area (Å²) in [7, 11) is 1.68. The van der Waals surface area contributed by atoms with Crippen LogP contribution in [0.4, 0.5) is 10.1 Å². The third-order valence-corrected chi connectivity index (χ3v) is 4.00. The topological polar surface area (TPSA) is 27.7 Å². The van der Waals surface area contributed by atoms with Crippen LogP contribution in [0.5, 0.6) is 0 Å². The minimum absolute atomic E-state index is 0.119. The van der Waals surface area contributed by atoms with E-state index < -0.39 is 0 Å². The Balaban J connectivity index is 2.03. The van der Waals surface area contributed by atoms with Gasteiger partial charge in [-0.2, -0.15) is 0 Å². The van der Waals surface area contributed by atoms with Crippen LogP contribution in [0.3, 0.4) is 0 Å². The van der Waals surface area contributed by atoms with Crippen molar-refractivity contribution in [3.05, 3.63) is 29.6 Å². The SMILES string of the molecule is CCN1CCN(c2c(F)cccc2CNCCOC)CC1. The van der Waals surface area contributed by atoms with Crippen molar-refractivity contribution in [2.45, 2.75) is 13.5 Å². The van der Waals surface area contributed by atoms with E-state index in [1.54, 1.807) is 19.2 Å². The van der Waals surface area contributed by atoms with Gasteiger partial charge in [0.1, 0.15) is 5.82 Å². The number of nitrogens with zero attached hydrogens (tertiary/aromatic N) is 2. The number of methoxy groups -OCH3 is 1. The number of nitrogens with one attached hydrogen (secondary N) is 1. The van der Waals surface area contributed by atoms with Gasteiger partial charge in [-0.1, -0.05) is 19.1 Å². The molecule has 1 saturated heterocycles. The number of hydrogen-bond acceptors (Lipinski definition) is 4. The standard InChI is InChI=1S/C16H26FN3O/c1-3-19-8-10-20(11-9-19)16-14(5-4-6-15(16)17)13-18-7-12-21-2/h4-6,18H,3,7-13H2,1-2H3. The lowest BCUT2D eigenvalue weighted by Crippen LogP contribution is -2.46.